The zero-order valence-corrected chi connectivity index (χ0v) is 16.9. The molecule has 30 heavy (non-hydrogen) atoms. The van der Waals surface area contributed by atoms with Gasteiger partial charge < -0.3 is 14.6 Å². The van der Waals surface area contributed by atoms with Crippen molar-refractivity contribution in [3.63, 3.8) is 0 Å². The molecule has 1 N–H and O–H groups in total. The van der Waals surface area contributed by atoms with E-state index in [9.17, 15) is 4.79 Å². The van der Waals surface area contributed by atoms with Gasteiger partial charge in [-0.25, -0.2) is 0 Å². The van der Waals surface area contributed by atoms with Crippen LogP contribution < -0.4 is 10.1 Å². The van der Waals surface area contributed by atoms with E-state index in [0.29, 0.717) is 30.1 Å². The van der Waals surface area contributed by atoms with E-state index in [-0.39, 0.29) is 24.3 Å². The molecule has 2 aliphatic carbocycles. The van der Waals surface area contributed by atoms with Gasteiger partial charge in [-0.2, -0.15) is 10.1 Å². The third kappa shape index (κ3) is 3.69. The standard InChI is InChI=1S/C22H25N5O3/c1-27-12-14(11-24-27)10-23-21(28)19-15-7-8-16(9-15)20(19)22-25-18(26-30-22)13-29-17-5-3-2-4-6-17/h2-6,11-12,15-16,19-20H,7-10,13H2,1H3,(H,23,28)/t15-,16+,19-,20-/m0/s1. The van der Waals surface area contributed by atoms with E-state index >= 15 is 0 Å². The van der Waals surface area contributed by atoms with Gasteiger partial charge in [0.25, 0.3) is 0 Å². The Labute approximate surface area is 174 Å². The van der Waals surface area contributed by atoms with E-state index in [1.807, 2.05) is 43.6 Å². The van der Waals surface area contributed by atoms with Gasteiger partial charge in [0.1, 0.15) is 5.75 Å². The molecule has 2 bridgehead atoms. The summed E-state index contributed by atoms with van der Waals surface area (Å²) in [6.45, 7) is 0.722. The molecule has 2 heterocycles. The van der Waals surface area contributed by atoms with E-state index in [1.165, 1.54) is 0 Å². The number of nitrogens with zero attached hydrogens (tertiary/aromatic N) is 4. The Morgan fingerprint density at radius 2 is 2.10 bits per heavy atom. The number of hydrogen-bond acceptors (Lipinski definition) is 6. The summed E-state index contributed by atoms with van der Waals surface area (Å²) < 4.78 is 13.1. The maximum Gasteiger partial charge on any atom is 0.230 e. The molecule has 2 aliphatic rings. The van der Waals surface area contributed by atoms with Crippen LogP contribution in [0.4, 0.5) is 0 Å². The summed E-state index contributed by atoms with van der Waals surface area (Å²) in [5.74, 6) is 2.56. The van der Waals surface area contributed by atoms with E-state index in [4.69, 9.17) is 9.26 Å². The second-order valence-corrected chi connectivity index (χ2v) is 8.28. The van der Waals surface area contributed by atoms with Crippen LogP contribution in [0.2, 0.25) is 0 Å². The molecule has 0 spiro atoms. The molecule has 0 unspecified atom stereocenters. The van der Waals surface area contributed by atoms with Crippen LogP contribution in [0, 0.1) is 17.8 Å². The summed E-state index contributed by atoms with van der Waals surface area (Å²) in [4.78, 5) is 17.6. The monoisotopic (exact) mass is 407 g/mol. The minimum Gasteiger partial charge on any atom is -0.485 e. The number of para-hydroxylation sites is 1. The molecule has 8 heteroatoms. The van der Waals surface area contributed by atoms with Gasteiger partial charge in [-0.05, 0) is 43.2 Å². The summed E-state index contributed by atoms with van der Waals surface area (Å²) in [6.07, 6.45) is 6.93. The molecular formula is C22H25N5O3. The van der Waals surface area contributed by atoms with Gasteiger partial charge >= 0.3 is 0 Å². The van der Waals surface area contributed by atoms with Crippen molar-refractivity contribution in [3.05, 3.63) is 60.0 Å². The second-order valence-electron chi connectivity index (χ2n) is 8.28. The van der Waals surface area contributed by atoms with Crippen LogP contribution >= 0.6 is 0 Å². The molecule has 3 aromatic rings. The van der Waals surface area contributed by atoms with Gasteiger partial charge in [-0.3, -0.25) is 9.48 Å². The van der Waals surface area contributed by atoms with Gasteiger partial charge in [0.05, 0.1) is 18.0 Å². The minimum absolute atomic E-state index is 0.0179. The van der Waals surface area contributed by atoms with Crippen molar-refractivity contribution in [3.8, 4) is 5.75 Å². The highest BCUT2D eigenvalue weighted by Crippen LogP contribution is 2.56. The lowest BCUT2D eigenvalue weighted by Gasteiger charge is -2.27. The summed E-state index contributed by atoms with van der Waals surface area (Å²) in [5, 5.41) is 11.3. The predicted octanol–water partition coefficient (Wildman–Crippen LogP) is 2.83. The Hall–Kier alpha value is -3.16. The number of aromatic nitrogens is 4. The SMILES string of the molecule is Cn1cc(CNC(=O)[C@H]2[C@H]3CC[C@H](C3)[C@@H]2c2nc(COc3ccccc3)no2)cn1. The Morgan fingerprint density at radius 3 is 2.90 bits per heavy atom. The zero-order valence-electron chi connectivity index (χ0n) is 16.9. The second kappa shape index (κ2) is 7.93. The number of amides is 1. The molecule has 4 atom stereocenters. The van der Waals surface area contributed by atoms with Crippen molar-refractivity contribution in [1.82, 2.24) is 25.2 Å². The number of hydrogen-bond donors (Lipinski definition) is 1. The van der Waals surface area contributed by atoms with Gasteiger partial charge in [-0.1, -0.05) is 23.4 Å². The molecule has 1 aromatic carbocycles. The molecule has 1 amide bonds. The zero-order chi connectivity index (χ0) is 20.5. The van der Waals surface area contributed by atoms with Gasteiger partial charge in [0.2, 0.25) is 17.6 Å². The van der Waals surface area contributed by atoms with Gasteiger partial charge in [0, 0.05) is 25.4 Å². The van der Waals surface area contributed by atoms with Crippen LogP contribution in [-0.2, 0) is 25.0 Å². The Bertz CT molecular complexity index is 1010. The van der Waals surface area contributed by atoms with Crippen LogP contribution in [0.3, 0.4) is 0 Å². The van der Waals surface area contributed by atoms with Crippen LogP contribution in [-0.4, -0.2) is 25.8 Å². The van der Waals surface area contributed by atoms with Crippen molar-refractivity contribution in [2.24, 2.45) is 24.8 Å². The first-order chi connectivity index (χ1) is 14.7. The smallest absolute Gasteiger partial charge is 0.230 e. The average Bonchev–Trinajstić information content (AvgIpc) is 3.55. The molecule has 2 aromatic heterocycles. The number of ether oxygens (including phenoxy) is 1. The molecule has 2 saturated carbocycles. The van der Waals surface area contributed by atoms with Crippen LogP contribution in [0.1, 0.15) is 42.5 Å². The molecular weight excluding hydrogens is 382 g/mol. The average molecular weight is 407 g/mol. The van der Waals surface area contributed by atoms with E-state index in [2.05, 4.69) is 20.6 Å². The number of aryl methyl sites for hydroxylation is 1. The van der Waals surface area contributed by atoms with E-state index in [0.717, 1.165) is 30.6 Å². The normalized spacial score (nSPS) is 24.8. The highest BCUT2D eigenvalue weighted by Gasteiger charge is 2.53. The summed E-state index contributed by atoms with van der Waals surface area (Å²) in [7, 11) is 1.87. The molecule has 2 fully saturated rings. The molecule has 8 nitrogen and oxygen atoms in total. The Balaban J connectivity index is 1.26. The first kappa shape index (κ1) is 18.8. The van der Waals surface area contributed by atoms with Crippen LogP contribution in [0.5, 0.6) is 5.75 Å². The number of carbonyl (C=O) groups is 1. The predicted molar refractivity (Wildman–Crippen MR) is 107 cm³/mol. The molecule has 0 aliphatic heterocycles. The Morgan fingerprint density at radius 1 is 1.27 bits per heavy atom. The highest BCUT2D eigenvalue weighted by atomic mass is 16.5. The minimum atomic E-state index is -0.122. The third-order valence-corrected chi connectivity index (χ3v) is 6.32. The molecule has 0 saturated heterocycles. The number of rotatable bonds is 7. The fourth-order valence-electron chi connectivity index (χ4n) is 5.02. The van der Waals surface area contributed by atoms with E-state index < -0.39 is 0 Å². The van der Waals surface area contributed by atoms with Crippen LogP contribution in [0.15, 0.2) is 47.2 Å². The highest BCUT2D eigenvalue weighted by molar-refractivity contribution is 5.80. The summed E-state index contributed by atoms with van der Waals surface area (Å²) in [5.41, 5.74) is 0.990. The van der Waals surface area contributed by atoms with Gasteiger partial charge in [0.15, 0.2) is 6.61 Å². The number of benzene rings is 1. The van der Waals surface area contributed by atoms with Crippen molar-refractivity contribution < 1.29 is 14.1 Å². The fraction of sp³-hybridized carbons (Fsp3) is 0.455. The topological polar surface area (TPSA) is 95.1 Å². The molecule has 0 radical (unpaired) electrons. The third-order valence-electron chi connectivity index (χ3n) is 6.32. The van der Waals surface area contributed by atoms with Crippen molar-refractivity contribution in [2.45, 2.75) is 38.3 Å². The first-order valence-corrected chi connectivity index (χ1v) is 10.4. The van der Waals surface area contributed by atoms with E-state index in [1.54, 1.807) is 10.9 Å². The lowest BCUT2D eigenvalue weighted by Crippen LogP contribution is -2.37. The van der Waals surface area contributed by atoms with Crippen molar-refractivity contribution >= 4 is 5.91 Å². The van der Waals surface area contributed by atoms with Crippen molar-refractivity contribution in [2.75, 3.05) is 0 Å². The lowest BCUT2D eigenvalue weighted by molar-refractivity contribution is -0.127. The molecule has 5 rings (SSSR count). The summed E-state index contributed by atoms with van der Waals surface area (Å²) >= 11 is 0. The maximum absolute atomic E-state index is 13.1. The van der Waals surface area contributed by atoms with Crippen molar-refractivity contribution in [1.29, 1.82) is 0 Å². The number of carbonyl (C=O) groups excluding carboxylic acids is 1. The fourth-order valence-corrected chi connectivity index (χ4v) is 5.02. The van der Waals surface area contributed by atoms with Gasteiger partial charge in [-0.15, -0.1) is 0 Å². The quantitative estimate of drug-likeness (QED) is 0.647. The summed E-state index contributed by atoms with van der Waals surface area (Å²) in [6, 6.07) is 9.55. The number of fused-ring (bicyclic) bond motifs is 2. The molecule has 156 valence electrons. The first-order valence-electron chi connectivity index (χ1n) is 10.4. The van der Waals surface area contributed by atoms with Crippen LogP contribution in [0.25, 0.3) is 0 Å². The lowest BCUT2D eigenvalue weighted by atomic mass is 9.78. The largest absolute Gasteiger partial charge is 0.485 e. The Kier molecular flexibility index (Phi) is 4.98. The maximum atomic E-state index is 13.1. The number of nitrogens with one attached hydrogen (secondary N) is 1.